The molecule has 23 heavy (non-hydrogen) atoms. The fourth-order valence-electron chi connectivity index (χ4n) is 2.18. The maximum Gasteiger partial charge on any atom is 0.237 e. The summed E-state index contributed by atoms with van der Waals surface area (Å²) in [6, 6.07) is 11.5. The van der Waals surface area contributed by atoms with E-state index < -0.39 is 17.6 Å². The number of carbonyl (C=O) groups excluding carboxylic acids is 3. The number of hydrogen-bond acceptors (Lipinski definition) is 3. The molecule has 0 unspecified atom stereocenters. The summed E-state index contributed by atoms with van der Waals surface area (Å²) in [7, 11) is 0. The number of halogens is 1. The predicted molar refractivity (Wildman–Crippen MR) is 83.5 cm³/mol. The quantitative estimate of drug-likeness (QED) is 0.856. The Morgan fingerprint density at radius 3 is 2.22 bits per heavy atom. The molecule has 6 heteroatoms. The molecule has 0 fully saturated rings. The van der Waals surface area contributed by atoms with Gasteiger partial charge in [-0.3, -0.25) is 14.4 Å². The number of nitrogens with zero attached hydrogens (tertiary/aromatic N) is 1. The third kappa shape index (κ3) is 3.79. The van der Waals surface area contributed by atoms with Gasteiger partial charge in [-0.2, -0.15) is 0 Å². The Kier molecular flexibility index (Phi) is 4.85. The maximum atomic E-state index is 13.0. The number of amides is 2. The number of hydrogen-bond donors (Lipinski definition) is 1. The highest BCUT2D eigenvalue weighted by molar-refractivity contribution is 6.14. The van der Waals surface area contributed by atoms with Crippen molar-refractivity contribution >= 4 is 23.3 Å². The second-order valence-corrected chi connectivity index (χ2v) is 4.92. The first-order valence-electron chi connectivity index (χ1n) is 6.86. The third-order valence-electron chi connectivity index (χ3n) is 3.24. The number of nitrogens with two attached hydrogens (primary N) is 1. The van der Waals surface area contributed by atoms with Crippen LogP contribution in [0.15, 0.2) is 48.5 Å². The number of primary amides is 1. The van der Waals surface area contributed by atoms with Gasteiger partial charge in [0, 0.05) is 18.1 Å². The molecular weight excluding hydrogens is 299 g/mol. The number of para-hydroxylation sites is 1. The van der Waals surface area contributed by atoms with Crippen LogP contribution in [0.25, 0.3) is 0 Å². The Hall–Kier alpha value is -3.02. The molecule has 2 aromatic rings. The van der Waals surface area contributed by atoms with Crippen molar-refractivity contribution in [2.45, 2.75) is 6.92 Å². The van der Waals surface area contributed by atoms with Crippen molar-refractivity contribution in [3.05, 3.63) is 65.5 Å². The largest absolute Gasteiger partial charge is 0.368 e. The third-order valence-corrected chi connectivity index (χ3v) is 3.24. The topological polar surface area (TPSA) is 80.5 Å². The van der Waals surface area contributed by atoms with Crippen LogP contribution in [0.1, 0.15) is 22.8 Å². The highest BCUT2D eigenvalue weighted by atomic mass is 19.1. The second kappa shape index (κ2) is 6.83. The molecule has 0 saturated heterocycles. The predicted octanol–water partition coefficient (Wildman–Crippen LogP) is 1.89. The van der Waals surface area contributed by atoms with Crippen LogP contribution < -0.4 is 10.6 Å². The van der Waals surface area contributed by atoms with Crippen LogP contribution in [-0.2, 0) is 9.59 Å². The van der Waals surface area contributed by atoms with Gasteiger partial charge >= 0.3 is 0 Å². The summed E-state index contributed by atoms with van der Waals surface area (Å²) in [5.41, 5.74) is 5.96. The molecular formula is C17H15FN2O3. The average Bonchev–Trinajstić information content (AvgIpc) is 2.52. The van der Waals surface area contributed by atoms with Crippen molar-refractivity contribution in [2.75, 3.05) is 11.4 Å². The molecule has 0 aliphatic rings. The van der Waals surface area contributed by atoms with Crippen LogP contribution in [0.2, 0.25) is 0 Å². The Morgan fingerprint density at radius 1 is 1.04 bits per heavy atom. The first-order valence-corrected chi connectivity index (χ1v) is 6.86. The molecule has 0 bridgehead atoms. The van der Waals surface area contributed by atoms with Gasteiger partial charge in [0.25, 0.3) is 0 Å². The molecule has 2 aromatic carbocycles. The van der Waals surface area contributed by atoms with E-state index in [0.29, 0.717) is 0 Å². The van der Waals surface area contributed by atoms with Crippen molar-refractivity contribution in [3.63, 3.8) is 0 Å². The van der Waals surface area contributed by atoms with E-state index in [1.807, 2.05) is 0 Å². The van der Waals surface area contributed by atoms with E-state index in [1.165, 1.54) is 37.3 Å². The summed E-state index contributed by atoms with van der Waals surface area (Å²) in [6.07, 6.45) is 0. The van der Waals surface area contributed by atoms with Gasteiger partial charge in [-0.15, -0.1) is 0 Å². The van der Waals surface area contributed by atoms with Gasteiger partial charge in [0.2, 0.25) is 11.8 Å². The summed E-state index contributed by atoms with van der Waals surface area (Å²) >= 11 is 0. The van der Waals surface area contributed by atoms with Crippen molar-refractivity contribution < 1.29 is 18.8 Å². The Bertz CT molecular complexity index is 757. The molecule has 118 valence electrons. The fourth-order valence-corrected chi connectivity index (χ4v) is 2.18. The minimum atomic E-state index is -0.691. The number of carbonyl (C=O) groups is 3. The molecule has 2 N–H and O–H groups in total. The van der Waals surface area contributed by atoms with Crippen molar-refractivity contribution in [1.82, 2.24) is 0 Å². The molecule has 0 spiro atoms. The van der Waals surface area contributed by atoms with E-state index in [2.05, 4.69) is 0 Å². The first kappa shape index (κ1) is 16.4. The molecule has 0 atom stereocenters. The highest BCUT2D eigenvalue weighted by Crippen LogP contribution is 2.23. The van der Waals surface area contributed by atoms with E-state index in [1.54, 1.807) is 18.2 Å². The smallest absolute Gasteiger partial charge is 0.237 e. The van der Waals surface area contributed by atoms with Crippen LogP contribution >= 0.6 is 0 Å². The van der Waals surface area contributed by atoms with Crippen LogP contribution in [0, 0.1) is 5.82 Å². The van der Waals surface area contributed by atoms with E-state index in [-0.39, 0.29) is 29.1 Å². The number of ketones is 1. The molecule has 2 amide bonds. The van der Waals surface area contributed by atoms with Crippen LogP contribution in [0.3, 0.4) is 0 Å². The fraction of sp³-hybridized carbons (Fsp3) is 0.118. The van der Waals surface area contributed by atoms with Gasteiger partial charge < -0.3 is 10.6 Å². The summed E-state index contributed by atoms with van der Waals surface area (Å²) in [5, 5.41) is 0. The average molecular weight is 314 g/mol. The van der Waals surface area contributed by atoms with Crippen LogP contribution in [0.4, 0.5) is 10.1 Å². The molecule has 0 radical (unpaired) electrons. The molecule has 2 rings (SSSR count). The summed E-state index contributed by atoms with van der Waals surface area (Å²) in [5.74, 6) is -1.93. The van der Waals surface area contributed by atoms with E-state index in [4.69, 9.17) is 5.73 Å². The number of benzene rings is 2. The molecule has 0 saturated carbocycles. The molecule has 0 aliphatic carbocycles. The van der Waals surface area contributed by atoms with Gasteiger partial charge in [-0.1, -0.05) is 12.1 Å². The van der Waals surface area contributed by atoms with Gasteiger partial charge in [-0.25, -0.2) is 4.39 Å². The summed E-state index contributed by atoms with van der Waals surface area (Å²) in [6.45, 7) is 0.950. The summed E-state index contributed by atoms with van der Waals surface area (Å²) in [4.78, 5) is 36.7. The lowest BCUT2D eigenvalue weighted by Gasteiger charge is -2.22. The first-order chi connectivity index (χ1) is 10.9. The van der Waals surface area contributed by atoms with Gasteiger partial charge in [0.05, 0.1) is 5.69 Å². The Labute approximate surface area is 132 Å². The number of rotatable bonds is 5. The second-order valence-electron chi connectivity index (χ2n) is 4.92. The molecule has 0 aliphatic heterocycles. The highest BCUT2D eigenvalue weighted by Gasteiger charge is 2.21. The Morgan fingerprint density at radius 2 is 1.65 bits per heavy atom. The Balaban J connectivity index is 2.47. The minimum Gasteiger partial charge on any atom is -0.368 e. The van der Waals surface area contributed by atoms with E-state index >= 15 is 0 Å². The zero-order valence-corrected chi connectivity index (χ0v) is 12.5. The SMILES string of the molecule is CC(=O)N(CC(N)=O)c1ccccc1C(=O)c1ccc(F)cc1. The lowest BCUT2D eigenvalue weighted by Crippen LogP contribution is -2.38. The lowest BCUT2D eigenvalue weighted by molar-refractivity contribution is -0.121. The van der Waals surface area contributed by atoms with Gasteiger partial charge in [0.15, 0.2) is 5.78 Å². The van der Waals surface area contributed by atoms with Gasteiger partial charge in [-0.05, 0) is 36.4 Å². The minimum absolute atomic E-state index is 0.232. The lowest BCUT2D eigenvalue weighted by atomic mass is 10.0. The van der Waals surface area contributed by atoms with E-state index in [0.717, 1.165) is 4.90 Å². The van der Waals surface area contributed by atoms with Crippen LogP contribution in [0.5, 0.6) is 0 Å². The van der Waals surface area contributed by atoms with Crippen molar-refractivity contribution in [2.24, 2.45) is 5.73 Å². The molecule has 5 nitrogen and oxygen atoms in total. The van der Waals surface area contributed by atoms with Crippen LogP contribution in [-0.4, -0.2) is 24.1 Å². The number of anilines is 1. The standard InChI is InChI=1S/C17H15FN2O3/c1-11(21)20(10-16(19)22)15-5-3-2-4-14(15)17(23)12-6-8-13(18)9-7-12/h2-9H,10H2,1H3,(H2,19,22). The molecule has 0 heterocycles. The van der Waals surface area contributed by atoms with Crippen molar-refractivity contribution in [3.8, 4) is 0 Å². The zero-order valence-electron chi connectivity index (χ0n) is 12.5. The zero-order chi connectivity index (χ0) is 17.0. The van der Waals surface area contributed by atoms with Gasteiger partial charge in [0.1, 0.15) is 12.4 Å². The summed E-state index contributed by atoms with van der Waals surface area (Å²) < 4.78 is 13.0. The monoisotopic (exact) mass is 314 g/mol. The maximum absolute atomic E-state index is 13.0. The van der Waals surface area contributed by atoms with Crippen molar-refractivity contribution in [1.29, 1.82) is 0 Å². The van der Waals surface area contributed by atoms with E-state index in [9.17, 15) is 18.8 Å². The molecule has 0 aromatic heterocycles. The normalized spacial score (nSPS) is 10.2.